The molecule has 0 saturated carbocycles. The average Bonchev–Trinajstić information content (AvgIpc) is 3.04. The van der Waals surface area contributed by atoms with Crippen LogP contribution in [-0.4, -0.2) is 20.7 Å². The maximum absolute atomic E-state index is 12.1. The summed E-state index contributed by atoms with van der Waals surface area (Å²) in [5.41, 5.74) is 0.706. The lowest BCUT2D eigenvalue weighted by molar-refractivity contribution is 0.0938. The van der Waals surface area contributed by atoms with Crippen molar-refractivity contribution in [3.63, 3.8) is 0 Å². The Balaban J connectivity index is 1.76. The molecule has 2 aromatic heterocycles. The van der Waals surface area contributed by atoms with E-state index < -0.39 is 0 Å². The average molecular weight is 290 g/mol. The zero-order valence-corrected chi connectivity index (χ0v) is 12.3. The molecule has 0 aliphatic carbocycles. The molecule has 1 aliphatic rings. The van der Waals surface area contributed by atoms with E-state index in [0.29, 0.717) is 5.56 Å². The molecule has 6 heteroatoms. The number of fused-ring (bicyclic) bond motifs is 1. The summed E-state index contributed by atoms with van der Waals surface area (Å²) in [4.78, 5) is 12.1. The van der Waals surface area contributed by atoms with Crippen molar-refractivity contribution in [2.75, 3.05) is 0 Å². The Labute approximate surface area is 122 Å². The maximum Gasteiger partial charge on any atom is 0.252 e. The first-order valence-corrected chi connectivity index (χ1v) is 7.95. The topological polar surface area (TPSA) is 59.8 Å². The van der Waals surface area contributed by atoms with Crippen LogP contribution < -0.4 is 5.32 Å². The second kappa shape index (κ2) is 5.75. The van der Waals surface area contributed by atoms with Gasteiger partial charge in [0.05, 0.1) is 11.6 Å². The van der Waals surface area contributed by atoms with Crippen molar-refractivity contribution in [1.82, 2.24) is 20.1 Å². The Morgan fingerprint density at radius 1 is 1.40 bits per heavy atom. The van der Waals surface area contributed by atoms with E-state index in [-0.39, 0.29) is 11.9 Å². The molecular formula is C14H18N4OS. The summed E-state index contributed by atoms with van der Waals surface area (Å²) in [6.07, 6.45) is 4.55. The number of nitrogens with zero attached hydrogens (tertiary/aromatic N) is 3. The summed E-state index contributed by atoms with van der Waals surface area (Å²) in [5, 5.41) is 15.3. The standard InChI is InChI=1S/C14H18N4OS/c1-10(15-14(19)11-6-8-20-9-11)13-17-16-12-5-3-2-4-7-18(12)13/h6,8-10H,2-5,7H2,1H3,(H,15,19). The summed E-state index contributed by atoms with van der Waals surface area (Å²) < 4.78 is 2.17. The van der Waals surface area contributed by atoms with Crippen LogP contribution in [0.3, 0.4) is 0 Å². The van der Waals surface area contributed by atoms with Crippen molar-refractivity contribution in [2.45, 2.75) is 45.2 Å². The molecule has 0 bridgehead atoms. The summed E-state index contributed by atoms with van der Waals surface area (Å²) in [5.74, 6) is 1.87. The molecule has 0 radical (unpaired) electrons. The van der Waals surface area contributed by atoms with Gasteiger partial charge in [0.2, 0.25) is 0 Å². The summed E-state index contributed by atoms with van der Waals surface area (Å²) in [7, 11) is 0. The van der Waals surface area contributed by atoms with Crippen LogP contribution in [0, 0.1) is 0 Å². The Morgan fingerprint density at radius 3 is 3.10 bits per heavy atom. The molecule has 1 aliphatic heterocycles. The predicted molar refractivity (Wildman–Crippen MR) is 77.8 cm³/mol. The summed E-state index contributed by atoms with van der Waals surface area (Å²) in [6, 6.07) is 1.71. The molecular weight excluding hydrogens is 272 g/mol. The normalized spacial score (nSPS) is 16.2. The predicted octanol–water partition coefficient (Wildman–Crippen LogP) is 2.56. The van der Waals surface area contributed by atoms with Gasteiger partial charge in [-0.1, -0.05) is 6.42 Å². The lowest BCUT2D eigenvalue weighted by atomic mass is 10.2. The van der Waals surface area contributed by atoms with Crippen molar-refractivity contribution >= 4 is 17.2 Å². The van der Waals surface area contributed by atoms with E-state index in [2.05, 4.69) is 20.1 Å². The van der Waals surface area contributed by atoms with Crippen molar-refractivity contribution < 1.29 is 4.79 Å². The van der Waals surface area contributed by atoms with Crippen LogP contribution in [0.1, 0.15) is 54.2 Å². The summed E-state index contributed by atoms with van der Waals surface area (Å²) in [6.45, 7) is 2.92. The highest BCUT2D eigenvalue weighted by molar-refractivity contribution is 7.08. The minimum absolute atomic E-state index is 0.0512. The molecule has 0 fully saturated rings. The Kier molecular flexibility index (Phi) is 3.82. The van der Waals surface area contributed by atoms with Crippen LogP contribution in [0.2, 0.25) is 0 Å². The monoisotopic (exact) mass is 290 g/mol. The van der Waals surface area contributed by atoms with Gasteiger partial charge in [-0.3, -0.25) is 4.79 Å². The molecule has 1 unspecified atom stereocenters. The lowest BCUT2D eigenvalue weighted by Crippen LogP contribution is -2.28. The van der Waals surface area contributed by atoms with Crippen LogP contribution in [-0.2, 0) is 13.0 Å². The first-order valence-electron chi connectivity index (χ1n) is 7.01. The van der Waals surface area contributed by atoms with E-state index in [0.717, 1.165) is 31.0 Å². The van der Waals surface area contributed by atoms with Crippen molar-refractivity contribution in [3.8, 4) is 0 Å². The molecule has 1 atom stereocenters. The Bertz CT molecular complexity index is 590. The minimum Gasteiger partial charge on any atom is -0.342 e. The van der Waals surface area contributed by atoms with Crippen molar-refractivity contribution in [3.05, 3.63) is 34.0 Å². The number of carbonyl (C=O) groups is 1. The fourth-order valence-corrected chi connectivity index (χ4v) is 3.20. The van der Waals surface area contributed by atoms with Crippen molar-refractivity contribution in [2.24, 2.45) is 0 Å². The smallest absolute Gasteiger partial charge is 0.252 e. The Hall–Kier alpha value is -1.69. The second-order valence-electron chi connectivity index (χ2n) is 5.14. The number of amides is 1. The molecule has 20 heavy (non-hydrogen) atoms. The molecule has 1 amide bonds. The molecule has 5 nitrogen and oxygen atoms in total. The van der Waals surface area contributed by atoms with Gasteiger partial charge in [-0.2, -0.15) is 11.3 Å². The van der Waals surface area contributed by atoms with Gasteiger partial charge in [0.1, 0.15) is 5.82 Å². The van der Waals surface area contributed by atoms with Gasteiger partial charge in [0.25, 0.3) is 5.91 Å². The third kappa shape index (κ3) is 2.60. The van der Waals surface area contributed by atoms with E-state index in [4.69, 9.17) is 0 Å². The molecule has 2 aromatic rings. The van der Waals surface area contributed by atoms with E-state index in [1.54, 1.807) is 0 Å². The fraction of sp³-hybridized carbons (Fsp3) is 0.500. The number of carbonyl (C=O) groups excluding carboxylic acids is 1. The third-order valence-electron chi connectivity index (χ3n) is 3.66. The zero-order chi connectivity index (χ0) is 13.9. The van der Waals surface area contributed by atoms with Gasteiger partial charge in [-0.25, -0.2) is 0 Å². The quantitative estimate of drug-likeness (QED) is 0.945. The number of aromatic nitrogens is 3. The third-order valence-corrected chi connectivity index (χ3v) is 4.34. The van der Waals surface area contributed by atoms with Crippen LogP contribution in [0.4, 0.5) is 0 Å². The van der Waals surface area contributed by atoms with E-state index in [9.17, 15) is 4.79 Å². The highest BCUT2D eigenvalue weighted by Gasteiger charge is 2.20. The van der Waals surface area contributed by atoms with Gasteiger partial charge < -0.3 is 9.88 Å². The van der Waals surface area contributed by atoms with Gasteiger partial charge in [-0.05, 0) is 31.2 Å². The van der Waals surface area contributed by atoms with E-state index >= 15 is 0 Å². The zero-order valence-electron chi connectivity index (χ0n) is 11.5. The molecule has 3 rings (SSSR count). The van der Waals surface area contributed by atoms with E-state index in [1.807, 2.05) is 23.8 Å². The number of aryl methyl sites for hydroxylation is 1. The molecule has 106 valence electrons. The number of hydrogen-bond acceptors (Lipinski definition) is 4. The van der Waals surface area contributed by atoms with Gasteiger partial charge >= 0.3 is 0 Å². The first-order chi connectivity index (χ1) is 9.75. The van der Waals surface area contributed by atoms with Gasteiger partial charge in [-0.15, -0.1) is 10.2 Å². The minimum atomic E-state index is -0.123. The van der Waals surface area contributed by atoms with Gasteiger partial charge in [0, 0.05) is 18.3 Å². The molecule has 3 heterocycles. The number of nitrogens with one attached hydrogen (secondary N) is 1. The fourth-order valence-electron chi connectivity index (χ4n) is 2.57. The molecule has 0 saturated heterocycles. The summed E-state index contributed by atoms with van der Waals surface area (Å²) >= 11 is 1.52. The van der Waals surface area contributed by atoms with E-state index in [1.165, 1.54) is 24.2 Å². The molecule has 1 N–H and O–H groups in total. The second-order valence-corrected chi connectivity index (χ2v) is 5.92. The highest BCUT2D eigenvalue weighted by atomic mass is 32.1. The van der Waals surface area contributed by atoms with Crippen LogP contribution in [0.5, 0.6) is 0 Å². The van der Waals surface area contributed by atoms with Crippen molar-refractivity contribution in [1.29, 1.82) is 0 Å². The SMILES string of the molecule is CC(NC(=O)c1ccsc1)c1nnc2n1CCCCC2. The first kappa shape index (κ1) is 13.3. The van der Waals surface area contributed by atoms with Crippen LogP contribution in [0.15, 0.2) is 16.8 Å². The highest BCUT2D eigenvalue weighted by Crippen LogP contribution is 2.19. The molecule has 0 spiro atoms. The van der Waals surface area contributed by atoms with Gasteiger partial charge in [0.15, 0.2) is 5.82 Å². The number of thiophene rings is 1. The van der Waals surface area contributed by atoms with Crippen LogP contribution >= 0.6 is 11.3 Å². The maximum atomic E-state index is 12.1. The number of rotatable bonds is 3. The molecule has 0 aromatic carbocycles. The number of hydrogen-bond donors (Lipinski definition) is 1. The van der Waals surface area contributed by atoms with Crippen LogP contribution in [0.25, 0.3) is 0 Å². The lowest BCUT2D eigenvalue weighted by Gasteiger charge is -2.14. The largest absolute Gasteiger partial charge is 0.342 e. The Morgan fingerprint density at radius 2 is 2.30 bits per heavy atom.